The maximum atomic E-state index is 13.7. The van der Waals surface area contributed by atoms with E-state index in [1.54, 1.807) is 69.5 Å². The lowest BCUT2D eigenvalue weighted by Gasteiger charge is -2.30. The van der Waals surface area contributed by atoms with Crippen LogP contribution in [0.5, 0.6) is 5.75 Å². The summed E-state index contributed by atoms with van der Waals surface area (Å²) in [6.07, 6.45) is 0. The van der Waals surface area contributed by atoms with Crippen molar-refractivity contribution in [3.8, 4) is 11.8 Å². The van der Waals surface area contributed by atoms with Gasteiger partial charge in [-0.3, -0.25) is 9.59 Å². The molecule has 1 aliphatic heterocycles. The fraction of sp³-hybridized carbons (Fsp3) is 0.188. The van der Waals surface area contributed by atoms with E-state index in [-0.39, 0.29) is 18.3 Å². The molecule has 0 aliphatic carbocycles. The fourth-order valence-electron chi connectivity index (χ4n) is 4.42. The second-order valence-corrected chi connectivity index (χ2v) is 10.2. The van der Waals surface area contributed by atoms with E-state index in [1.807, 2.05) is 30.3 Å². The van der Waals surface area contributed by atoms with E-state index in [0.717, 1.165) is 5.56 Å². The Hall–Kier alpha value is -5.01. The minimum atomic E-state index is -0.664. The van der Waals surface area contributed by atoms with Crippen LogP contribution in [0, 0.1) is 11.3 Å². The summed E-state index contributed by atoms with van der Waals surface area (Å²) in [6, 6.07) is 24.9. The number of methoxy groups -OCH3 is 1. The molecule has 2 amide bonds. The first-order valence-electron chi connectivity index (χ1n) is 13.2. The summed E-state index contributed by atoms with van der Waals surface area (Å²) in [5, 5.41) is 19.7. The van der Waals surface area contributed by atoms with Crippen molar-refractivity contribution < 1.29 is 23.9 Å². The van der Waals surface area contributed by atoms with Crippen LogP contribution in [-0.4, -0.2) is 37.3 Å². The van der Waals surface area contributed by atoms with Gasteiger partial charge in [0.15, 0.2) is 0 Å². The zero-order valence-corrected chi connectivity index (χ0v) is 24.2. The van der Waals surface area contributed by atoms with Gasteiger partial charge < -0.3 is 25.4 Å². The van der Waals surface area contributed by atoms with Gasteiger partial charge in [0.25, 0.3) is 5.91 Å². The Kier molecular flexibility index (Phi) is 10.0. The Morgan fingerprint density at radius 3 is 2.21 bits per heavy atom. The predicted molar refractivity (Wildman–Crippen MR) is 163 cm³/mol. The van der Waals surface area contributed by atoms with E-state index >= 15 is 0 Å². The molecule has 0 saturated heterocycles. The highest BCUT2D eigenvalue weighted by Gasteiger charge is 2.34. The predicted octanol–water partition coefficient (Wildman–Crippen LogP) is 5.58. The van der Waals surface area contributed by atoms with Crippen LogP contribution in [-0.2, 0) is 14.3 Å². The molecular weight excluding hydrogens is 552 g/mol. The molecule has 10 heteroatoms. The molecule has 0 radical (unpaired) electrons. The summed E-state index contributed by atoms with van der Waals surface area (Å²) in [4.78, 5) is 38.4. The molecule has 0 fully saturated rings. The smallest absolute Gasteiger partial charge is 0.338 e. The first-order valence-corrected chi connectivity index (χ1v) is 14.1. The van der Waals surface area contributed by atoms with Crippen LogP contribution in [0.25, 0.3) is 0 Å². The maximum Gasteiger partial charge on any atom is 0.338 e. The summed E-state index contributed by atoms with van der Waals surface area (Å²) in [5.41, 5.74) is 3.51. The van der Waals surface area contributed by atoms with Gasteiger partial charge in [0.05, 0.1) is 47.6 Å². The van der Waals surface area contributed by atoms with Gasteiger partial charge in [0, 0.05) is 22.6 Å². The summed E-state index contributed by atoms with van der Waals surface area (Å²) < 4.78 is 10.2. The first-order chi connectivity index (χ1) is 20.3. The number of hydrogen-bond donors (Lipinski definition) is 3. The van der Waals surface area contributed by atoms with Gasteiger partial charge in [-0.1, -0.05) is 42.1 Å². The SMILES string of the molecule is CCOC(=O)c1ccc(NC(=O)C2=C(C)NC(SCC(=O)Nc3ccc(OC)cc3)=C(C#N)C2c2ccccc2)cc1. The summed E-state index contributed by atoms with van der Waals surface area (Å²) in [5.74, 6) is -1.02. The summed E-state index contributed by atoms with van der Waals surface area (Å²) in [6.45, 7) is 3.76. The molecule has 1 heterocycles. The van der Waals surface area contributed by atoms with Crippen molar-refractivity contribution in [2.75, 3.05) is 30.1 Å². The number of thioether (sulfide) groups is 1. The lowest BCUT2D eigenvalue weighted by atomic mass is 9.82. The van der Waals surface area contributed by atoms with Gasteiger partial charge >= 0.3 is 5.97 Å². The van der Waals surface area contributed by atoms with E-state index in [0.29, 0.717) is 44.6 Å². The van der Waals surface area contributed by atoms with Crippen LogP contribution in [0.3, 0.4) is 0 Å². The first kappa shape index (κ1) is 30.0. The third kappa shape index (κ3) is 7.19. The van der Waals surface area contributed by atoms with E-state index in [1.165, 1.54) is 11.8 Å². The van der Waals surface area contributed by atoms with Gasteiger partial charge in [0.1, 0.15) is 5.75 Å². The van der Waals surface area contributed by atoms with Crippen molar-refractivity contribution in [1.82, 2.24) is 5.32 Å². The van der Waals surface area contributed by atoms with Crippen LogP contribution in [0.2, 0.25) is 0 Å². The number of ether oxygens (including phenoxy) is 2. The zero-order valence-electron chi connectivity index (χ0n) is 23.4. The molecule has 0 aromatic heterocycles. The minimum absolute atomic E-state index is 0.0443. The van der Waals surface area contributed by atoms with E-state index in [2.05, 4.69) is 22.0 Å². The van der Waals surface area contributed by atoms with Crippen LogP contribution < -0.4 is 20.7 Å². The molecule has 3 aromatic rings. The third-order valence-electron chi connectivity index (χ3n) is 6.40. The topological polar surface area (TPSA) is 130 Å². The molecule has 4 rings (SSSR count). The van der Waals surface area contributed by atoms with Crippen LogP contribution in [0.15, 0.2) is 101 Å². The zero-order chi connectivity index (χ0) is 30.1. The van der Waals surface area contributed by atoms with Crippen LogP contribution in [0.1, 0.15) is 35.7 Å². The minimum Gasteiger partial charge on any atom is -0.497 e. The second-order valence-electron chi connectivity index (χ2n) is 9.18. The number of anilines is 2. The number of allylic oxidation sites excluding steroid dienone is 2. The van der Waals surface area contributed by atoms with Gasteiger partial charge in [0.2, 0.25) is 5.91 Å². The fourth-order valence-corrected chi connectivity index (χ4v) is 5.31. The average molecular weight is 583 g/mol. The number of carbonyl (C=O) groups excluding carboxylic acids is 3. The molecule has 1 atom stereocenters. The monoisotopic (exact) mass is 582 g/mol. The van der Waals surface area contributed by atoms with E-state index in [4.69, 9.17) is 9.47 Å². The number of nitriles is 1. The van der Waals surface area contributed by atoms with Crippen molar-refractivity contribution in [2.24, 2.45) is 0 Å². The summed E-state index contributed by atoms with van der Waals surface area (Å²) in [7, 11) is 1.57. The number of benzene rings is 3. The Morgan fingerprint density at radius 1 is 0.952 bits per heavy atom. The molecule has 1 aliphatic rings. The highest BCUT2D eigenvalue weighted by atomic mass is 32.2. The van der Waals surface area contributed by atoms with E-state index < -0.39 is 17.8 Å². The number of nitrogens with zero attached hydrogens (tertiary/aromatic N) is 1. The lowest BCUT2D eigenvalue weighted by Crippen LogP contribution is -2.31. The molecule has 3 N–H and O–H groups in total. The molecule has 9 nitrogen and oxygen atoms in total. The van der Waals surface area contributed by atoms with E-state index in [9.17, 15) is 19.6 Å². The average Bonchev–Trinajstić information content (AvgIpc) is 3.00. The largest absolute Gasteiger partial charge is 0.497 e. The van der Waals surface area contributed by atoms with Crippen molar-refractivity contribution >= 4 is 40.9 Å². The summed E-state index contributed by atoms with van der Waals surface area (Å²) >= 11 is 1.19. The number of hydrogen-bond acceptors (Lipinski definition) is 8. The molecule has 3 aromatic carbocycles. The highest BCUT2D eigenvalue weighted by Crippen LogP contribution is 2.41. The lowest BCUT2D eigenvalue weighted by molar-refractivity contribution is -0.114. The third-order valence-corrected chi connectivity index (χ3v) is 7.42. The Labute approximate surface area is 248 Å². The van der Waals surface area contributed by atoms with Crippen molar-refractivity contribution in [1.29, 1.82) is 5.26 Å². The maximum absolute atomic E-state index is 13.7. The Balaban J connectivity index is 1.55. The Morgan fingerprint density at radius 2 is 1.60 bits per heavy atom. The molecule has 214 valence electrons. The van der Waals surface area contributed by atoms with Gasteiger partial charge in [-0.25, -0.2) is 4.79 Å². The molecule has 0 saturated carbocycles. The molecular formula is C32H30N4O5S. The second kappa shape index (κ2) is 14.1. The van der Waals surface area contributed by atoms with Crippen molar-refractivity contribution in [3.63, 3.8) is 0 Å². The van der Waals surface area contributed by atoms with Crippen molar-refractivity contribution in [3.05, 3.63) is 112 Å². The number of esters is 1. The molecule has 0 bridgehead atoms. The normalized spacial score (nSPS) is 14.4. The number of dihydropyridines is 1. The highest BCUT2D eigenvalue weighted by molar-refractivity contribution is 8.03. The van der Waals surface area contributed by atoms with Gasteiger partial charge in [-0.2, -0.15) is 5.26 Å². The van der Waals surface area contributed by atoms with Gasteiger partial charge in [-0.15, -0.1) is 0 Å². The number of amides is 2. The van der Waals surface area contributed by atoms with Crippen LogP contribution in [0.4, 0.5) is 11.4 Å². The quantitative estimate of drug-likeness (QED) is 0.264. The standard InChI is InChI=1S/C32H30N4O5S/c1-4-41-32(39)22-10-12-24(13-11-22)36-30(38)28-20(2)34-31(26(18-33)29(28)21-8-6-5-7-9-21)42-19-27(37)35-23-14-16-25(40-3)17-15-23/h5-17,29,34H,4,19H2,1-3H3,(H,35,37)(H,36,38). The van der Waals surface area contributed by atoms with Gasteiger partial charge in [-0.05, 0) is 67.9 Å². The number of nitrogens with one attached hydrogen (secondary N) is 3. The van der Waals surface area contributed by atoms with Crippen molar-refractivity contribution in [2.45, 2.75) is 19.8 Å². The number of carbonyl (C=O) groups is 3. The number of rotatable bonds is 10. The molecule has 1 unspecified atom stereocenters. The molecule has 42 heavy (non-hydrogen) atoms. The Bertz CT molecular complexity index is 1560. The van der Waals surface area contributed by atoms with Crippen LogP contribution >= 0.6 is 11.8 Å². The molecule has 0 spiro atoms.